The second kappa shape index (κ2) is 5.53. The van der Waals surface area contributed by atoms with E-state index in [0.717, 1.165) is 23.7 Å². The fraction of sp³-hybridized carbons (Fsp3) is 0.438. The first-order valence-corrected chi connectivity index (χ1v) is 8.27. The van der Waals surface area contributed by atoms with Crippen LogP contribution in [0, 0.1) is 12.8 Å². The Bertz CT molecular complexity index is 635. The predicted molar refractivity (Wildman–Crippen MR) is 86.6 cm³/mol. The first kappa shape index (κ1) is 14.2. The number of aromatic nitrogens is 2. The van der Waals surface area contributed by atoms with Crippen molar-refractivity contribution in [3.63, 3.8) is 0 Å². The Morgan fingerprint density at radius 3 is 2.85 bits per heavy atom. The summed E-state index contributed by atoms with van der Waals surface area (Å²) in [6.07, 6.45) is 3.33. The maximum absolute atomic E-state index is 6.37. The molecular formula is C16H18BrClN2. The van der Waals surface area contributed by atoms with Crippen molar-refractivity contribution in [1.29, 1.82) is 0 Å². The molecule has 2 nitrogen and oxygen atoms in total. The lowest BCUT2D eigenvalue weighted by molar-refractivity contribution is 0.452. The van der Waals surface area contributed by atoms with Gasteiger partial charge in [0.15, 0.2) is 0 Å². The summed E-state index contributed by atoms with van der Waals surface area (Å²) >= 11 is 10.3. The molecule has 0 fully saturated rings. The highest BCUT2D eigenvalue weighted by atomic mass is 79.9. The van der Waals surface area contributed by atoms with Gasteiger partial charge in [-0.25, -0.2) is 0 Å². The third-order valence-electron chi connectivity index (χ3n) is 4.29. The summed E-state index contributed by atoms with van der Waals surface area (Å²) < 4.78 is 1.77. The van der Waals surface area contributed by atoms with Gasteiger partial charge in [-0.1, -0.05) is 51.8 Å². The largest absolute Gasteiger partial charge is 0.257 e. The molecule has 106 valence electrons. The number of hydrogen-bond acceptors (Lipinski definition) is 1. The van der Waals surface area contributed by atoms with Crippen LogP contribution in [0.1, 0.15) is 33.6 Å². The van der Waals surface area contributed by atoms with E-state index < -0.39 is 0 Å². The normalized spacial score (nSPS) is 21.8. The standard InChI is InChI=1S/C16H18BrClN2/c1-10-14(16(18)20(2)19-10)9-12-8-7-11-5-3-4-6-13(11)15(12)17/h3-6,12,15H,7-9H2,1-2H3. The van der Waals surface area contributed by atoms with Crippen molar-refractivity contribution in [3.8, 4) is 0 Å². The fourth-order valence-electron chi connectivity index (χ4n) is 3.15. The Balaban J connectivity index is 1.86. The Kier molecular flexibility index (Phi) is 3.91. The molecule has 3 rings (SSSR count). The Morgan fingerprint density at radius 1 is 1.40 bits per heavy atom. The van der Waals surface area contributed by atoms with Gasteiger partial charge in [-0.2, -0.15) is 5.10 Å². The molecule has 0 bridgehead atoms. The smallest absolute Gasteiger partial charge is 0.130 e. The van der Waals surface area contributed by atoms with Crippen LogP contribution in [-0.4, -0.2) is 9.78 Å². The molecule has 2 unspecified atom stereocenters. The minimum atomic E-state index is 0.406. The zero-order valence-corrected chi connectivity index (χ0v) is 14.1. The molecule has 0 N–H and O–H groups in total. The highest BCUT2D eigenvalue weighted by Gasteiger charge is 2.29. The molecule has 2 atom stereocenters. The quantitative estimate of drug-likeness (QED) is 0.720. The van der Waals surface area contributed by atoms with Gasteiger partial charge in [0.25, 0.3) is 0 Å². The molecule has 1 aromatic heterocycles. The van der Waals surface area contributed by atoms with Gasteiger partial charge in [-0.3, -0.25) is 4.68 Å². The summed E-state index contributed by atoms with van der Waals surface area (Å²) in [5.41, 5.74) is 5.15. The fourth-order valence-corrected chi connectivity index (χ4v) is 4.30. The summed E-state index contributed by atoms with van der Waals surface area (Å²) in [5.74, 6) is 0.574. The van der Waals surface area contributed by atoms with Crippen molar-refractivity contribution in [2.75, 3.05) is 0 Å². The van der Waals surface area contributed by atoms with Gasteiger partial charge in [0, 0.05) is 17.4 Å². The van der Waals surface area contributed by atoms with Crippen molar-refractivity contribution in [1.82, 2.24) is 9.78 Å². The topological polar surface area (TPSA) is 17.8 Å². The Morgan fingerprint density at radius 2 is 2.15 bits per heavy atom. The van der Waals surface area contributed by atoms with Crippen molar-refractivity contribution < 1.29 is 0 Å². The van der Waals surface area contributed by atoms with E-state index in [9.17, 15) is 0 Å². The monoisotopic (exact) mass is 352 g/mol. The molecule has 0 saturated carbocycles. The molecule has 1 aromatic carbocycles. The van der Waals surface area contributed by atoms with E-state index in [2.05, 4.69) is 45.3 Å². The number of alkyl halides is 1. The number of benzene rings is 1. The first-order valence-electron chi connectivity index (χ1n) is 6.97. The molecule has 2 aromatic rings. The predicted octanol–water partition coefficient (Wildman–Crippen LogP) is 4.62. The second-order valence-electron chi connectivity index (χ2n) is 5.58. The zero-order valence-electron chi connectivity index (χ0n) is 11.7. The van der Waals surface area contributed by atoms with Crippen LogP contribution in [-0.2, 0) is 19.9 Å². The van der Waals surface area contributed by atoms with Gasteiger partial charge in [0.2, 0.25) is 0 Å². The number of nitrogens with zero attached hydrogens (tertiary/aromatic N) is 2. The van der Waals surface area contributed by atoms with Gasteiger partial charge >= 0.3 is 0 Å². The van der Waals surface area contributed by atoms with Crippen molar-refractivity contribution in [2.24, 2.45) is 13.0 Å². The van der Waals surface area contributed by atoms with Gasteiger partial charge < -0.3 is 0 Å². The third-order valence-corrected chi connectivity index (χ3v) is 6.00. The highest BCUT2D eigenvalue weighted by Crippen LogP contribution is 2.42. The number of fused-ring (bicyclic) bond motifs is 1. The second-order valence-corrected chi connectivity index (χ2v) is 6.93. The lowest BCUT2D eigenvalue weighted by Gasteiger charge is -2.30. The lowest BCUT2D eigenvalue weighted by atomic mass is 9.81. The Labute approximate surface area is 133 Å². The van der Waals surface area contributed by atoms with E-state index in [0.29, 0.717) is 10.7 Å². The van der Waals surface area contributed by atoms with Gasteiger partial charge in [-0.05, 0) is 43.2 Å². The SMILES string of the molecule is Cc1nn(C)c(Cl)c1CC1CCc2ccccc2C1Br. The molecule has 0 amide bonds. The summed E-state index contributed by atoms with van der Waals surface area (Å²) in [6.45, 7) is 2.04. The van der Waals surface area contributed by atoms with Crippen LogP contribution in [0.15, 0.2) is 24.3 Å². The molecule has 0 aliphatic heterocycles. The molecule has 0 radical (unpaired) electrons. The lowest BCUT2D eigenvalue weighted by Crippen LogP contribution is -2.19. The molecule has 1 heterocycles. The molecular weight excluding hydrogens is 336 g/mol. The van der Waals surface area contributed by atoms with Crippen LogP contribution in [0.2, 0.25) is 5.15 Å². The number of hydrogen-bond donors (Lipinski definition) is 0. The van der Waals surface area contributed by atoms with Crippen LogP contribution < -0.4 is 0 Å². The Hall–Kier alpha value is -0.800. The van der Waals surface area contributed by atoms with E-state index in [4.69, 9.17) is 11.6 Å². The van der Waals surface area contributed by atoms with Crippen LogP contribution in [0.5, 0.6) is 0 Å². The number of rotatable bonds is 2. The van der Waals surface area contributed by atoms with Crippen LogP contribution >= 0.6 is 27.5 Å². The average molecular weight is 354 g/mol. The zero-order chi connectivity index (χ0) is 14.3. The molecule has 0 saturated heterocycles. The van der Waals surface area contributed by atoms with Crippen LogP contribution in [0.4, 0.5) is 0 Å². The van der Waals surface area contributed by atoms with E-state index in [1.807, 2.05) is 14.0 Å². The highest BCUT2D eigenvalue weighted by molar-refractivity contribution is 9.09. The summed E-state index contributed by atoms with van der Waals surface area (Å²) in [4.78, 5) is 0.406. The van der Waals surface area contributed by atoms with Crippen molar-refractivity contribution >= 4 is 27.5 Å². The van der Waals surface area contributed by atoms with Crippen molar-refractivity contribution in [2.45, 2.75) is 31.0 Å². The van der Waals surface area contributed by atoms with Gasteiger partial charge in [0.1, 0.15) is 5.15 Å². The first-order chi connectivity index (χ1) is 9.58. The molecule has 4 heteroatoms. The summed E-state index contributed by atoms with van der Waals surface area (Å²) in [5, 5.41) is 5.19. The molecule has 1 aliphatic carbocycles. The van der Waals surface area contributed by atoms with Crippen molar-refractivity contribution in [3.05, 3.63) is 51.8 Å². The van der Waals surface area contributed by atoms with E-state index in [1.165, 1.54) is 23.1 Å². The van der Waals surface area contributed by atoms with E-state index in [-0.39, 0.29) is 0 Å². The summed E-state index contributed by atoms with van der Waals surface area (Å²) in [6, 6.07) is 8.72. The molecule has 0 spiro atoms. The van der Waals surface area contributed by atoms with Gasteiger partial charge in [0.05, 0.1) is 5.69 Å². The van der Waals surface area contributed by atoms with Crippen LogP contribution in [0.3, 0.4) is 0 Å². The minimum absolute atomic E-state index is 0.406. The molecule has 1 aliphatic rings. The van der Waals surface area contributed by atoms with Crippen LogP contribution in [0.25, 0.3) is 0 Å². The summed E-state index contributed by atoms with van der Waals surface area (Å²) in [7, 11) is 1.90. The number of aryl methyl sites for hydroxylation is 3. The van der Waals surface area contributed by atoms with E-state index in [1.54, 1.807) is 4.68 Å². The number of halogens is 2. The van der Waals surface area contributed by atoms with Gasteiger partial charge in [-0.15, -0.1) is 0 Å². The minimum Gasteiger partial charge on any atom is -0.257 e. The average Bonchev–Trinajstić information content (AvgIpc) is 2.68. The molecule has 20 heavy (non-hydrogen) atoms. The van der Waals surface area contributed by atoms with E-state index >= 15 is 0 Å². The third kappa shape index (κ3) is 2.42. The maximum atomic E-state index is 6.37. The maximum Gasteiger partial charge on any atom is 0.130 e.